The second kappa shape index (κ2) is 8.97. The average Bonchev–Trinajstić information content (AvgIpc) is 3.57. The molecule has 29 heavy (non-hydrogen) atoms. The van der Waals surface area contributed by atoms with Gasteiger partial charge in [-0.1, -0.05) is 19.1 Å². The van der Waals surface area contributed by atoms with Crippen molar-refractivity contribution in [3.63, 3.8) is 0 Å². The van der Waals surface area contributed by atoms with Gasteiger partial charge in [0.2, 0.25) is 10.0 Å². The summed E-state index contributed by atoms with van der Waals surface area (Å²) in [6, 6.07) is 13.6. The van der Waals surface area contributed by atoms with Gasteiger partial charge in [-0.2, -0.15) is 0 Å². The summed E-state index contributed by atoms with van der Waals surface area (Å²) in [5.74, 6) is 0.987. The molecule has 2 aromatic rings. The highest BCUT2D eigenvalue weighted by Crippen LogP contribution is 2.41. The molecule has 2 aromatic carbocycles. The molecule has 2 atom stereocenters. The van der Waals surface area contributed by atoms with E-state index in [0.29, 0.717) is 17.9 Å². The first-order valence-electron chi connectivity index (χ1n) is 9.91. The van der Waals surface area contributed by atoms with Crippen molar-refractivity contribution in [2.24, 2.45) is 5.92 Å². The van der Waals surface area contributed by atoms with Crippen LogP contribution >= 0.6 is 0 Å². The van der Waals surface area contributed by atoms with E-state index in [-0.39, 0.29) is 22.9 Å². The van der Waals surface area contributed by atoms with E-state index in [1.165, 1.54) is 12.1 Å². The topological polar surface area (TPSA) is 84.5 Å². The molecule has 0 bridgehead atoms. The SMILES string of the molecule is CCC(C)NS(=O)(=O)c1ccc(C(=O)NC(c2ccc(OC)cc2)C2CC2)cc1. The lowest BCUT2D eigenvalue weighted by Gasteiger charge is -2.19. The molecule has 1 aliphatic rings. The fourth-order valence-electron chi connectivity index (χ4n) is 3.14. The number of benzene rings is 2. The second-order valence-electron chi connectivity index (χ2n) is 7.52. The first kappa shape index (κ1) is 21.3. The number of carbonyl (C=O) groups excluding carboxylic acids is 1. The maximum Gasteiger partial charge on any atom is 0.251 e. The number of methoxy groups -OCH3 is 1. The number of amides is 1. The largest absolute Gasteiger partial charge is 0.497 e. The van der Waals surface area contributed by atoms with Gasteiger partial charge in [0.05, 0.1) is 18.0 Å². The van der Waals surface area contributed by atoms with Crippen LogP contribution in [0.4, 0.5) is 0 Å². The van der Waals surface area contributed by atoms with Crippen LogP contribution in [0.2, 0.25) is 0 Å². The first-order chi connectivity index (χ1) is 13.8. The minimum Gasteiger partial charge on any atom is -0.497 e. The number of ether oxygens (including phenoxy) is 1. The number of rotatable bonds is 9. The monoisotopic (exact) mass is 416 g/mol. The van der Waals surface area contributed by atoms with Gasteiger partial charge in [0.1, 0.15) is 5.75 Å². The molecule has 2 unspecified atom stereocenters. The van der Waals surface area contributed by atoms with E-state index >= 15 is 0 Å². The van der Waals surface area contributed by atoms with Crippen molar-refractivity contribution in [3.05, 3.63) is 59.7 Å². The van der Waals surface area contributed by atoms with Crippen molar-refractivity contribution in [1.29, 1.82) is 0 Å². The van der Waals surface area contributed by atoms with Crippen LogP contribution in [0.5, 0.6) is 5.75 Å². The Morgan fingerprint density at radius 3 is 2.24 bits per heavy atom. The summed E-state index contributed by atoms with van der Waals surface area (Å²) >= 11 is 0. The molecule has 0 spiro atoms. The Hall–Kier alpha value is -2.38. The average molecular weight is 417 g/mol. The fourth-order valence-corrected chi connectivity index (χ4v) is 4.47. The lowest BCUT2D eigenvalue weighted by Crippen LogP contribution is -2.32. The molecule has 1 aliphatic carbocycles. The van der Waals surface area contributed by atoms with Gasteiger partial charge in [0.25, 0.3) is 5.91 Å². The maximum absolute atomic E-state index is 12.8. The minimum atomic E-state index is -3.58. The molecule has 6 nitrogen and oxygen atoms in total. The predicted octanol–water partition coefficient (Wildman–Crippen LogP) is 3.65. The van der Waals surface area contributed by atoms with Crippen LogP contribution in [0, 0.1) is 5.92 Å². The van der Waals surface area contributed by atoms with Gasteiger partial charge in [-0.05, 0) is 74.1 Å². The quantitative estimate of drug-likeness (QED) is 0.653. The highest BCUT2D eigenvalue weighted by atomic mass is 32.2. The molecular weight excluding hydrogens is 388 g/mol. The maximum atomic E-state index is 12.8. The number of hydrogen-bond acceptors (Lipinski definition) is 4. The number of nitrogens with one attached hydrogen (secondary N) is 2. The lowest BCUT2D eigenvalue weighted by molar-refractivity contribution is 0.0931. The standard InChI is InChI=1S/C22H28N2O4S/c1-4-15(2)24-29(26,27)20-13-9-18(10-14-20)22(25)23-21(16-5-6-16)17-7-11-19(28-3)12-8-17/h7-16,21,24H,4-6H2,1-3H3,(H,23,25). The molecule has 0 aliphatic heterocycles. The van der Waals surface area contributed by atoms with Crippen LogP contribution in [0.1, 0.15) is 55.1 Å². The molecule has 7 heteroatoms. The van der Waals surface area contributed by atoms with E-state index in [0.717, 1.165) is 24.2 Å². The Kier molecular flexibility index (Phi) is 6.59. The minimum absolute atomic E-state index is 0.0658. The van der Waals surface area contributed by atoms with Gasteiger partial charge in [-0.3, -0.25) is 4.79 Å². The van der Waals surface area contributed by atoms with Crippen LogP contribution in [0.3, 0.4) is 0 Å². The van der Waals surface area contributed by atoms with Crippen molar-refractivity contribution in [2.45, 2.75) is 50.1 Å². The van der Waals surface area contributed by atoms with Crippen molar-refractivity contribution >= 4 is 15.9 Å². The third-order valence-corrected chi connectivity index (χ3v) is 6.86. The molecule has 0 heterocycles. The Balaban J connectivity index is 1.72. The molecule has 3 rings (SSSR count). The van der Waals surface area contributed by atoms with Crippen LogP contribution in [0.25, 0.3) is 0 Å². The van der Waals surface area contributed by atoms with Crippen LogP contribution < -0.4 is 14.8 Å². The van der Waals surface area contributed by atoms with E-state index < -0.39 is 10.0 Å². The van der Waals surface area contributed by atoms with Gasteiger partial charge in [-0.25, -0.2) is 13.1 Å². The summed E-state index contributed by atoms with van der Waals surface area (Å²) in [6.07, 6.45) is 2.86. The van der Waals surface area contributed by atoms with Crippen LogP contribution in [-0.4, -0.2) is 27.5 Å². The van der Waals surface area contributed by atoms with Gasteiger partial charge in [0.15, 0.2) is 0 Å². The highest BCUT2D eigenvalue weighted by Gasteiger charge is 2.33. The van der Waals surface area contributed by atoms with E-state index in [1.54, 1.807) is 19.2 Å². The molecule has 1 saturated carbocycles. The van der Waals surface area contributed by atoms with Crippen LogP contribution in [-0.2, 0) is 10.0 Å². The van der Waals surface area contributed by atoms with E-state index in [9.17, 15) is 13.2 Å². The fraction of sp³-hybridized carbons (Fsp3) is 0.409. The highest BCUT2D eigenvalue weighted by molar-refractivity contribution is 7.89. The van der Waals surface area contributed by atoms with Gasteiger partial charge in [0, 0.05) is 11.6 Å². The molecular formula is C22H28N2O4S. The van der Waals surface area contributed by atoms with E-state index in [4.69, 9.17) is 4.74 Å². The van der Waals surface area contributed by atoms with Crippen LogP contribution in [0.15, 0.2) is 53.4 Å². The summed E-state index contributed by atoms with van der Waals surface area (Å²) in [4.78, 5) is 12.9. The van der Waals surface area contributed by atoms with Gasteiger partial charge in [-0.15, -0.1) is 0 Å². The summed E-state index contributed by atoms with van der Waals surface area (Å²) in [5.41, 5.74) is 1.48. The van der Waals surface area contributed by atoms with Gasteiger partial charge >= 0.3 is 0 Å². The summed E-state index contributed by atoms with van der Waals surface area (Å²) < 4.78 is 32.6. The van der Waals surface area contributed by atoms with Crippen molar-refractivity contribution in [3.8, 4) is 5.75 Å². The number of sulfonamides is 1. The number of carbonyl (C=O) groups is 1. The molecule has 1 fully saturated rings. The molecule has 0 aromatic heterocycles. The lowest BCUT2D eigenvalue weighted by atomic mass is 10.0. The normalized spacial score (nSPS) is 16.1. The second-order valence-corrected chi connectivity index (χ2v) is 9.23. The Morgan fingerprint density at radius 1 is 1.10 bits per heavy atom. The first-order valence-corrected chi connectivity index (χ1v) is 11.4. The Morgan fingerprint density at radius 2 is 1.72 bits per heavy atom. The zero-order valence-electron chi connectivity index (χ0n) is 17.0. The molecule has 0 radical (unpaired) electrons. The zero-order chi connectivity index (χ0) is 21.0. The zero-order valence-corrected chi connectivity index (χ0v) is 17.8. The summed E-state index contributed by atoms with van der Waals surface area (Å²) in [7, 11) is -1.96. The van der Waals surface area contributed by atoms with Crippen molar-refractivity contribution in [2.75, 3.05) is 7.11 Å². The molecule has 156 valence electrons. The molecule has 1 amide bonds. The van der Waals surface area contributed by atoms with E-state index in [1.807, 2.05) is 38.1 Å². The predicted molar refractivity (Wildman–Crippen MR) is 112 cm³/mol. The molecule has 0 saturated heterocycles. The summed E-state index contributed by atoms with van der Waals surface area (Å²) in [6.45, 7) is 3.73. The third-order valence-electron chi connectivity index (χ3n) is 5.25. The van der Waals surface area contributed by atoms with Crippen molar-refractivity contribution < 1.29 is 17.9 Å². The number of hydrogen-bond donors (Lipinski definition) is 2. The third kappa shape index (κ3) is 5.36. The van der Waals surface area contributed by atoms with Gasteiger partial charge < -0.3 is 10.1 Å². The Labute approximate surface area is 172 Å². The van der Waals surface area contributed by atoms with Crippen molar-refractivity contribution in [1.82, 2.24) is 10.0 Å². The summed E-state index contributed by atoms with van der Waals surface area (Å²) in [5, 5.41) is 3.10. The molecule has 2 N–H and O–H groups in total. The Bertz CT molecular complexity index is 936. The van der Waals surface area contributed by atoms with E-state index in [2.05, 4.69) is 10.0 Å². The smallest absolute Gasteiger partial charge is 0.251 e.